The van der Waals surface area contributed by atoms with E-state index >= 15 is 0 Å². The predicted molar refractivity (Wildman–Crippen MR) is 102 cm³/mol. The summed E-state index contributed by atoms with van der Waals surface area (Å²) >= 11 is -1.31. The van der Waals surface area contributed by atoms with E-state index in [9.17, 15) is 0 Å². The molecule has 0 aliphatic heterocycles. The minimum absolute atomic E-state index is 0.679. The molecule has 0 amide bonds. The van der Waals surface area contributed by atoms with Crippen LogP contribution in [0.15, 0.2) is 0 Å². The highest BCUT2D eigenvalue weighted by Gasteiger charge is 2.44. The van der Waals surface area contributed by atoms with E-state index in [1.54, 1.807) is 0 Å². The molecular weight excluding hydrogens is 285 g/mol. The number of hydrogen-bond donors (Lipinski definition) is 0. The Balaban J connectivity index is 5.70. The van der Waals surface area contributed by atoms with E-state index in [1.807, 2.05) is 0 Å². The molecule has 0 bridgehead atoms. The summed E-state index contributed by atoms with van der Waals surface area (Å²) in [5.41, 5.74) is 0. The van der Waals surface area contributed by atoms with Crippen molar-refractivity contribution in [1.29, 1.82) is 0 Å². The third-order valence-electron chi connectivity index (χ3n) is 5.46. The van der Waals surface area contributed by atoms with Crippen LogP contribution < -0.4 is 0 Å². The number of nitrogens with zero attached hydrogens (tertiary/aromatic N) is 3. The van der Waals surface area contributed by atoms with E-state index in [2.05, 4.69) is 74.0 Å². The number of rotatable bonds is 12. The van der Waals surface area contributed by atoms with Gasteiger partial charge in [0.1, 0.15) is 0 Å². The summed E-state index contributed by atoms with van der Waals surface area (Å²) in [6, 6.07) is 2.04. The van der Waals surface area contributed by atoms with Gasteiger partial charge in [0.15, 0.2) is 0 Å². The molecule has 0 rings (SSSR count). The lowest BCUT2D eigenvalue weighted by atomic mass is 10.2. The van der Waals surface area contributed by atoms with Crippen molar-refractivity contribution in [1.82, 2.24) is 11.7 Å². The first-order chi connectivity index (χ1) is 10.4. The van der Waals surface area contributed by atoms with Crippen molar-refractivity contribution in [2.45, 2.75) is 99.7 Å². The van der Waals surface area contributed by atoms with Gasteiger partial charge in [0.2, 0.25) is 0 Å². The van der Waals surface area contributed by atoms with Crippen LogP contribution in [0.4, 0.5) is 0 Å². The van der Waals surface area contributed by atoms with Gasteiger partial charge in [-0.2, -0.15) is 0 Å². The van der Waals surface area contributed by atoms with Gasteiger partial charge in [0.05, 0.1) is 0 Å². The van der Waals surface area contributed by atoms with Gasteiger partial charge >= 0.3 is 14.8 Å². The van der Waals surface area contributed by atoms with Crippen LogP contribution in [-0.4, -0.2) is 64.2 Å². The molecule has 0 N–H and O–H groups in total. The second kappa shape index (κ2) is 11.9. The lowest BCUT2D eigenvalue weighted by Gasteiger charge is -2.47. The Kier molecular flexibility index (Phi) is 12.1. The molecule has 3 unspecified atom stereocenters. The van der Waals surface area contributed by atoms with E-state index in [0.29, 0.717) is 18.1 Å². The first-order valence-electron chi connectivity index (χ1n) is 9.70. The Morgan fingerprint density at radius 3 is 0.909 bits per heavy atom. The molecule has 0 fully saturated rings. The fourth-order valence-electron chi connectivity index (χ4n) is 3.38. The fraction of sp³-hybridized carbons (Fsp3) is 1.00. The van der Waals surface area contributed by atoms with Crippen molar-refractivity contribution < 1.29 is 0 Å². The average molecular weight is 328 g/mol. The minimum Gasteiger partial charge on any atom is -0.355 e. The molecule has 0 aliphatic rings. The Hall–Kier alpha value is 0.412. The molecule has 0 saturated carbocycles. The van der Waals surface area contributed by atoms with E-state index in [-0.39, 0.29) is 0 Å². The highest BCUT2D eigenvalue weighted by atomic mass is 27.2. The van der Waals surface area contributed by atoms with Crippen molar-refractivity contribution in [2.75, 3.05) is 19.6 Å². The lowest BCUT2D eigenvalue weighted by molar-refractivity contribution is 0.195. The third-order valence-corrected chi connectivity index (χ3v) is 9.86. The Morgan fingerprint density at radius 1 is 0.545 bits per heavy atom. The van der Waals surface area contributed by atoms with Gasteiger partial charge in [0, 0.05) is 0 Å². The second-order valence-electron chi connectivity index (χ2n) is 6.61. The zero-order valence-electron chi connectivity index (χ0n) is 16.9. The van der Waals surface area contributed by atoms with Crippen LogP contribution in [0.5, 0.6) is 0 Å². The van der Waals surface area contributed by atoms with Gasteiger partial charge in [-0.25, -0.2) is 0 Å². The van der Waals surface area contributed by atoms with Gasteiger partial charge < -0.3 is 11.7 Å². The molecule has 4 heteroatoms. The predicted octanol–water partition coefficient (Wildman–Crippen LogP) is 4.33. The SMILES string of the molecule is CCC(C)[N](CC)[Al]([N](CC)C(C)CC)[N](CC)C(C)CC. The lowest BCUT2D eigenvalue weighted by Crippen LogP contribution is -2.68. The van der Waals surface area contributed by atoms with Crippen LogP contribution in [-0.2, 0) is 0 Å². The largest absolute Gasteiger partial charge is 0.609 e. The summed E-state index contributed by atoms with van der Waals surface area (Å²) in [6.07, 6.45) is 3.73. The van der Waals surface area contributed by atoms with Crippen LogP contribution in [0.1, 0.15) is 81.6 Å². The van der Waals surface area contributed by atoms with Gasteiger partial charge in [0.25, 0.3) is 0 Å². The molecule has 0 spiro atoms. The molecule has 0 aromatic carbocycles. The molecule has 22 heavy (non-hydrogen) atoms. The summed E-state index contributed by atoms with van der Waals surface area (Å²) < 4.78 is 8.52. The first-order valence-corrected chi connectivity index (χ1v) is 11.2. The highest BCUT2D eigenvalue weighted by molar-refractivity contribution is 6.50. The summed E-state index contributed by atoms with van der Waals surface area (Å²) in [7, 11) is 0. The summed E-state index contributed by atoms with van der Waals surface area (Å²) in [4.78, 5) is 0. The topological polar surface area (TPSA) is 9.72 Å². The summed E-state index contributed by atoms with van der Waals surface area (Å²) in [5, 5.41) is 0. The zero-order chi connectivity index (χ0) is 17.3. The molecule has 0 aliphatic carbocycles. The van der Waals surface area contributed by atoms with Crippen molar-refractivity contribution in [3.05, 3.63) is 0 Å². The molecule has 3 atom stereocenters. The molecule has 0 aromatic heterocycles. The molecule has 0 aromatic rings. The maximum absolute atomic E-state index is 2.84. The standard InChI is InChI=1S/3C6H14N.Al/c3*1-4-6(3)7-5-2;/h3*6H,4-5H2,1-3H3;/q3*-1;+3. The molecule has 0 heterocycles. The monoisotopic (exact) mass is 327 g/mol. The van der Waals surface area contributed by atoms with Gasteiger partial charge in [-0.1, -0.05) is 62.3 Å². The fourth-order valence-corrected chi connectivity index (χ4v) is 7.50. The average Bonchev–Trinajstić information content (AvgIpc) is 2.55. The van der Waals surface area contributed by atoms with Gasteiger partial charge in [-0.05, 0) is 57.0 Å². The molecule has 3 nitrogen and oxygen atoms in total. The second-order valence-corrected chi connectivity index (χ2v) is 9.29. The third kappa shape index (κ3) is 5.80. The van der Waals surface area contributed by atoms with Gasteiger partial charge in [-0.3, -0.25) is 0 Å². The van der Waals surface area contributed by atoms with E-state index < -0.39 is 14.8 Å². The first kappa shape index (κ1) is 22.4. The quantitative estimate of drug-likeness (QED) is 0.494. The van der Waals surface area contributed by atoms with Crippen molar-refractivity contribution in [3.8, 4) is 0 Å². The van der Waals surface area contributed by atoms with Gasteiger partial charge in [-0.15, -0.1) is 0 Å². The summed E-state index contributed by atoms with van der Waals surface area (Å²) in [5.74, 6) is 0. The van der Waals surface area contributed by atoms with E-state index in [0.717, 1.165) is 0 Å². The zero-order valence-corrected chi connectivity index (χ0v) is 18.0. The van der Waals surface area contributed by atoms with Crippen molar-refractivity contribution in [3.63, 3.8) is 0 Å². The maximum Gasteiger partial charge on any atom is 0.609 e. The van der Waals surface area contributed by atoms with Crippen LogP contribution in [0.3, 0.4) is 0 Å². The molecule has 0 saturated heterocycles. The van der Waals surface area contributed by atoms with Crippen LogP contribution in [0, 0.1) is 0 Å². The maximum atomic E-state index is 2.84. The molecule has 132 valence electrons. The number of hydrogen-bond acceptors (Lipinski definition) is 3. The summed E-state index contributed by atoms with van der Waals surface area (Å²) in [6.45, 7) is 24.8. The highest BCUT2D eigenvalue weighted by Crippen LogP contribution is 2.20. The van der Waals surface area contributed by atoms with Crippen LogP contribution in [0.25, 0.3) is 0 Å². The van der Waals surface area contributed by atoms with Crippen LogP contribution >= 0.6 is 0 Å². The molecular formula is C18H42AlN3. The normalized spacial score (nSPS) is 16.4. The van der Waals surface area contributed by atoms with E-state index in [4.69, 9.17) is 0 Å². The molecule has 0 radical (unpaired) electrons. The Morgan fingerprint density at radius 2 is 0.773 bits per heavy atom. The Bertz CT molecular complexity index is 232. The van der Waals surface area contributed by atoms with Crippen molar-refractivity contribution in [2.24, 2.45) is 0 Å². The minimum atomic E-state index is -1.31. The van der Waals surface area contributed by atoms with Crippen LogP contribution in [0.2, 0.25) is 0 Å². The Labute approximate surface area is 146 Å². The van der Waals surface area contributed by atoms with Crippen molar-refractivity contribution >= 4 is 14.8 Å². The van der Waals surface area contributed by atoms with E-state index in [1.165, 1.54) is 38.9 Å². The smallest absolute Gasteiger partial charge is 0.355 e.